The zero-order valence-electron chi connectivity index (χ0n) is 13.3. The van der Waals surface area contributed by atoms with Crippen LogP contribution in [0.4, 0.5) is 17.6 Å². The summed E-state index contributed by atoms with van der Waals surface area (Å²) in [6, 6.07) is 9.97. The van der Waals surface area contributed by atoms with Gasteiger partial charge in [-0.15, -0.1) is 0 Å². The van der Waals surface area contributed by atoms with E-state index in [2.05, 4.69) is 9.72 Å². The van der Waals surface area contributed by atoms with Crippen molar-refractivity contribution < 1.29 is 27.1 Å². The van der Waals surface area contributed by atoms with Crippen molar-refractivity contribution in [1.82, 2.24) is 4.98 Å². The molecule has 0 aliphatic carbocycles. The van der Waals surface area contributed by atoms with Crippen molar-refractivity contribution in [3.63, 3.8) is 0 Å². The van der Waals surface area contributed by atoms with Crippen molar-refractivity contribution in [3.05, 3.63) is 71.7 Å². The number of aromatic amines is 1. The molecule has 0 amide bonds. The molecule has 1 heterocycles. The van der Waals surface area contributed by atoms with Gasteiger partial charge in [-0.1, -0.05) is 18.2 Å². The first-order chi connectivity index (χ1) is 12.3. The maximum Gasteiger partial charge on any atom is 0.422 e. The first-order valence-corrected chi connectivity index (χ1v) is 7.60. The highest BCUT2D eigenvalue weighted by atomic mass is 19.4. The van der Waals surface area contributed by atoms with Gasteiger partial charge >= 0.3 is 6.18 Å². The minimum atomic E-state index is -4.40. The molecule has 134 valence electrons. The molecule has 7 heteroatoms. The van der Waals surface area contributed by atoms with E-state index < -0.39 is 18.6 Å². The van der Waals surface area contributed by atoms with Gasteiger partial charge in [0, 0.05) is 22.7 Å². The Labute approximate surface area is 145 Å². The number of hydrogen-bond donors (Lipinski definition) is 1. The van der Waals surface area contributed by atoms with E-state index in [4.69, 9.17) is 0 Å². The molecule has 0 bridgehead atoms. The minimum absolute atomic E-state index is 0.0875. The van der Waals surface area contributed by atoms with Crippen LogP contribution in [-0.4, -0.2) is 23.6 Å². The Kier molecular flexibility index (Phi) is 4.79. The molecule has 0 saturated heterocycles. The molecule has 0 aliphatic rings. The number of alkyl halides is 3. The Morgan fingerprint density at radius 1 is 1.12 bits per heavy atom. The molecule has 0 atom stereocenters. The third kappa shape index (κ3) is 4.30. The molecule has 0 saturated carbocycles. The number of H-pyrrole nitrogens is 1. The maximum absolute atomic E-state index is 13.2. The van der Waals surface area contributed by atoms with Gasteiger partial charge in [0.15, 0.2) is 12.4 Å². The van der Waals surface area contributed by atoms with E-state index in [1.54, 1.807) is 12.1 Å². The molecule has 3 aromatic rings. The summed E-state index contributed by atoms with van der Waals surface area (Å²) in [4.78, 5) is 15.1. The van der Waals surface area contributed by atoms with Crippen molar-refractivity contribution in [2.75, 3.05) is 6.61 Å². The number of hydrogen-bond acceptors (Lipinski definition) is 2. The van der Waals surface area contributed by atoms with Gasteiger partial charge in [0.2, 0.25) is 0 Å². The molecule has 0 radical (unpaired) electrons. The van der Waals surface area contributed by atoms with Crippen LogP contribution in [-0.2, 0) is 0 Å². The molecule has 0 fully saturated rings. The number of benzene rings is 2. The lowest BCUT2D eigenvalue weighted by atomic mass is 10.1. The smallest absolute Gasteiger partial charge is 0.422 e. The van der Waals surface area contributed by atoms with Gasteiger partial charge < -0.3 is 9.72 Å². The lowest BCUT2D eigenvalue weighted by Crippen LogP contribution is -2.19. The Balaban J connectivity index is 1.69. The first-order valence-electron chi connectivity index (χ1n) is 7.60. The molecule has 2 aromatic carbocycles. The number of aromatic nitrogens is 1. The molecule has 0 unspecified atom stereocenters. The lowest BCUT2D eigenvalue weighted by Gasteiger charge is -2.08. The second-order valence-electron chi connectivity index (χ2n) is 5.56. The standard InChI is InChI=1S/C19H13F4NO2/c20-13-4-7-15-16(10-24-17(15)9-13)18(25)8-3-12-1-5-14(6-2-12)26-11-19(21,22)23/h1-10,24H,11H2/b8-3+. The summed E-state index contributed by atoms with van der Waals surface area (Å²) in [5.41, 5.74) is 1.55. The number of ether oxygens (including phenoxy) is 1. The highest BCUT2D eigenvalue weighted by Crippen LogP contribution is 2.21. The molecule has 1 aromatic heterocycles. The van der Waals surface area contributed by atoms with E-state index in [-0.39, 0.29) is 11.5 Å². The normalized spacial score (nSPS) is 12.0. The predicted molar refractivity (Wildman–Crippen MR) is 89.6 cm³/mol. The Morgan fingerprint density at radius 2 is 1.85 bits per heavy atom. The maximum atomic E-state index is 13.2. The molecular weight excluding hydrogens is 350 g/mol. The average molecular weight is 363 g/mol. The number of carbonyl (C=O) groups is 1. The fraction of sp³-hybridized carbons (Fsp3) is 0.105. The fourth-order valence-electron chi connectivity index (χ4n) is 2.40. The van der Waals surface area contributed by atoms with E-state index in [1.165, 1.54) is 48.7 Å². The molecule has 0 aliphatic heterocycles. The van der Waals surface area contributed by atoms with Crippen molar-refractivity contribution in [1.29, 1.82) is 0 Å². The van der Waals surface area contributed by atoms with Crippen molar-refractivity contribution >= 4 is 22.8 Å². The van der Waals surface area contributed by atoms with Crippen LogP contribution in [0.25, 0.3) is 17.0 Å². The van der Waals surface area contributed by atoms with E-state index in [1.807, 2.05) is 0 Å². The number of rotatable bonds is 5. The van der Waals surface area contributed by atoms with Crippen LogP contribution in [0.15, 0.2) is 54.7 Å². The number of fused-ring (bicyclic) bond motifs is 1. The second kappa shape index (κ2) is 7.03. The van der Waals surface area contributed by atoms with Gasteiger partial charge in [0.25, 0.3) is 0 Å². The average Bonchev–Trinajstić information content (AvgIpc) is 3.01. The largest absolute Gasteiger partial charge is 0.484 e. The SMILES string of the molecule is O=C(/C=C/c1ccc(OCC(F)(F)F)cc1)c1c[nH]c2cc(F)ccc12. The third-order valence-corrected chi connectivity index (χ3v) is 3.62. The monoisotopic (exact) mass is 363 g/mol. The van der Waals surface area contributed by atoms with Crippen LogP contribution < -0.4 is 4.74 Å². The summed E-state index contributed by atoms with van der Waals surface area (Å²) in [6.07, 6.45) is -0.00608. The van der Waals surface area contributed by atoms with Crippen LogP contribution in [0.5, 0.6) is 5.75 Å². The third-order valence-electron chi connectivity index (χ3n) is 3.62. The summed E-state index contributed by atoms with van der Waals surface area (Å²) in [5, 5.41) is 0.608. The van der Waals surface area contributed by atoms with E-state index in [9.17, 15) is 22.4 Å². The second-order valence-corrected chi connectivity index (χ2v) is 5.56. The van der Waals surface area contributed by atoms with Gasteiger partial charge in [0.05, 0.1) is 0 Å². The van der Waals surface area contributed by atoms with Gasteiger partial charge in [-0.3, -0.25) is 4.79 Å². The number of carbonyl (C=O) groups excluding carboxylic acids is 1. The number of halogens is 4. The summed E-state index contributed by atoms with van der Waals surface area (Å²) in [5.74, 6) is -0.591. The van der Waals surface area contributed by atoms with E-state index in [0.717, 1.165) is 0 Å². The molecular formula is C19H13F4NO2. The topological polar surface area (TPSA) is 42.1 Å². The Morgan fingerprint density at radius 3 is 2.54 bits per heavy atom. The molecule has 1 N–H and O–H groups in total. The van der Waals surface area contributed by atoms with Crippen molar-refractivity contribution in [3.8, 4) is 5.75 Å². The van der Waals surface area contributed by atoms with Crippen LogP contribution in [0.1, 0.15) is 15.9 Å². The van der Waals surface area contributed by atoms with Gasteiger partial charge in [-0.05, 0) is 42.0 Å². The van der Waals surface area contributed by atoms with Crippen molar-refractivity contribution in [2.24, 2.45) is 0 Å². The highest BCUT2D eigenvalue weighted by Gasteiger charge is 2.28. The van der Waals surface area contributed by atoms with Gasteiger partial charge in [0.1, 0.15) is 11.6 Å². The zero-order chi connectivity index (χ0) is 18.7. The lowest BCUT2D eigenvalue weighted by molar-refractivity contribution is -0.153. The molecule has 3 nitrogen and oxygen atoms in total. The summed E-state index contributed by atoms with van der Waals surface area (Å²) >= 11 is 0. The fourth-order valence-corrected chi connectivity index (χ4v) is 2.40. The molecule has 3 rings (SSSR count). The molecule has 26 heavy (non-hydrogen) atoms. The van der Waals surface area contributed by atoms with Gasteiger partial charge in [-0.25, -0.2) is 4.39 Å². The first kappa shape index (κ1) is 17.7. The van der Waals surface area contributed by atoms with Crippen LogP contribution in [0.2, 0.25) is 0 Å². The van der Waals surface area contributed by atoms with Crippen molar-refractivity contribution in [2.45, 2.75) is 6.18 Å². The minimum Gasteiger partial charge on any atom is -0.484 e. The van der Waals surface area contributed by atoms with E-state index in [0.29, 0.717) is 22.0 Å². The summed E-state index contributed by atoms with van der Waals surface area (Å²) in [7, 11) is 0. The quantitative estimate of drug-likeness (QED) is 0.387. The predicted octanol–water partition coefficient (Wildman–Crippen LogP) is 5.14. The Bertz CT molecular complexity index is 956. The molecule has 0 spiro atoms. The van der Waals surface area contributed by atoms with Crippen LogP contribution in [0, 0.1) is 5.82 Å². The number of allylic oxidation sites excluding steroid dienone is 1. The van der Waals surface area contributed by atoms with E-state index >= 15 is 0 Å². The van der Waals surface area contributed by atoms with Gasteiger partial charge in [-0.2, -0.15) is 13.2 Å². The highest BCUT2D eigenvalue weighted by molar-refractivity contribution is 6.14. The summed E-state index contributed by atoms with van der Waals surface area (Å²) in [6.45, 7) is -1.36. The number of nitrogens with one attached hydrogen (secondary N) is 1. The number of ketones is 1. The summed E-state index contributed by atoms with van der Waals surface area (Å²) < 4.78 is 54.1. The Hall–Kier alpha value is -3.09. The zero-order valence-corrected chi connectivity index (χ0v) is 13.3. The van der Waals surface area contributed by atoms with Crippen LogP contribution >= 0.6 is 0 Å². The van der Waals surface area contributed by atoms with Crippen LogP contribution in [0.3, 0.4) is 0 Å².